The Hall–Kier alpha value is -0.910. The van der Waals surface area contributed by atoms with Gasteiger partial charge in [0.2, 0.25) is 5.91 Å². The van der Waals surface area contributed by atoms with Crippen LogP contribution in [0.25, 0.3) is 0 Å². The number of hydrogen-bond acceptors (Lipinski definition) is 3. The van der Waals surface area contributed by atoms with Crippen molar-refractivity contribution in [1.29, 1.82) is 0 Å². The fraction of sp³-hybridized carbons (Fsp3) is 0.409. The van der Waals surface area contributed by atoms with Gasteiger partial charge in [0.15, 0.2) is 0 Å². The number of rotatable bonds is 8. The molecule has 1 unspecified atom stereocenters. The molecule has 0 spiro atoms. The predicted molar refractivity (Wildman–Crippen MR) is 125 cm³/mol. The Bertz CT molecular complexity index is 833. The first-order valence-electron chi connectivity index (χ1n) is 9.77. The molecule has 1 heterocycles. The molecule has 0 radical (unpaired) electrons. The fourth-order valence-electron chi connectivity index (χ4n) is 3.51. The molecule has 0 aliphatic carbocycles. The second-order valence-electron chi connectivity index (χ2n) is 7.28. The van der Waals surface area contributed by atoms with Crippen molar-refractivity contribution in [3.8, 4) is 0 Å². The quantitative estimate of drug-likeness (QED) is 0.486. The molecule has 1 saturated heterocycles. The zero-order valence-electron chi connectivity index (χ0n) is 16.2. The third-order valence-corrected chi connectivity index (χ3v) is 6.84. The molecule has 3 nitrogen and oxygen atoms in total. The van der Waals surface area contributed by atoms with Crippen LogP contribution in [-0.4, -0.2) is 36.2 Å². The molecule has 0 aromatic heterocycles. The Balaban J connectivity index is 1.39. The van der Waals surface area contributed by atoms with Crippen LogP contribution in [0.15, 0.2) is 42.5 Å². The van der Waals surface area contributed by atoms with Gasteiger partial charge in [0, 0.05) is 46.2 Å². The van der Waals surface area contributed by atoms with Gasteiger partial charge in [-0.15, -0.1) is 0 Å². The van der Waals surface area contributed by atoms with Crippen molar-refractivity contribution in [3.05, 3.63) is 68.7 Å². The van der Waals surface area contributed by atoms with Crippen LogP contribution in [0.3, 0.4) is 0 Å². The lowest BCUT2D eigenvalue weighted by Crippen LogP contribution is -2.43. The highest BCUT2D eigenvalue weighted by Crippen LogP contribution is 2.25. The van der Waals surface area contributed by atoms with E-state index in [1.807, 2.05) is 30.3 Å². The zero-order chi connectivity index (χ0) is 20.6. The minimum Gasteiger partial charge on any atom is -0.355 e. The summed E-state index contributed by atoms with van der Waals surface area (Å²) in [7, 11) is 0. The average Bonchev–Trinajstić information content (AvgIpc) is 2.70. The van der Waals surface area contributed by atoms with E-state index in [-0.39, 0.29) is 11.8 Å². The number of thioether (sulfide) groups is 1. The van der Waals surface area contributed by atoms with Gasteiger partial charge in [-0.25, -0.2) is 0 Å². The highest BCUT2D eigenvalue weighted by molar-refractivity contribution is 7.98. The first-order chi connectivity index (χ1) is 14.0. The standard InChI is InChI=1S/C22H25Cl3N2OS/c23-19-5-1-3-16(11-19)15-29-10-8-26-22(28)18-4-2-9-27(14-18)13-17-6-7-20(24)12-21(17)25/h1,3,5-7,11-12,18H,2,4,8-10,13-15H2,(H,26,28). The van der Waals surface area contributed by atoms with E-state index in [4.69, 9.17) is 34.8 Å². The lowest BCUT2D eigenvalue weighted by molar-refractivity contribution is -0.126. The molecule has 1 N–H and O–H groups in total. The van der Waals surface area contributed by atoms with Gasteiger partial charge in [-0.05, 0) is 54.8 Å². The van der Waals surface area contributed by atoms with Crippen molar-refractivity contribution in [2.24, 2.45) is 5.92 Å². The van der Waals surface area contributed by atoms with Gasteiger partial charge in [-0.3, -0.25) is 9.69 Å². The lowest BCUT2D eigenvalue weighted by atomic mass is 9.96. The van der Waals surface area contributed by atoms with Crippen molar-refractivity contribution in [3.63, 3.8) is 0 Å². The number of carbonyl (C=O) groups excluding carboxylic acids is 1. The van der Waals surface area contributed by atoms with Gasteiger partial charge >= 0.3 is 0 Å². The molecule has 2 aromatic carbocycles. The van der Waals surface area contributed by atoms with Gasteiger partial charge in [0.05, 0.1) is 5.92 Å². The first kappa shape index (κ1) is 22.8. The second-order valence-corrected chi connectivity index (χ2v) is 9.67. The summed E-state index contributed by atoms with van der Waals surface area (Å²) in [6, 6.07) is 13.5. The maximum Gasteiger partial charge on any atom is 0.224 e. The van der Waals surface area contributed by atoms with Crippen molar-refractivity contribution < 1.29 is 4.79 Å². The van der Waals surface area contributed by atoms with Crippen LogP contribution >= 0.6 is 46.6 Å². The molecule has 1 atom stereocenters. The minimum atomic E-state index is 0.0350. The van der Waals surface area contributed by atoms with Gasteiger partial charge in [0.1, 0.15) is 0 Å². The van der Waals surface area contributed by atoms with Gasteiger partial charge in [-0.1, -0.05) is 53.0 Å². The van der Waals surface area contributed by atoms with Crippen molar-refractivity contribution in [2.45, 2.75) is 25.1 Å². The van der Waals surface area contributed by atoms with Gasteiger partial charge in [-0.2, -0.15) is 11.8 Å². The molecule has 1 fully saturated rings. The molecular formula is C22H25Cl3N2OS. The number of carbonyl (C=O) groups is 1. The summed E-state index contributed by atoms with van der Waals surface area (Å²) in [6.07, 6.45) is 1.96. The highest BCUT2D eigenvalue weighted by Gasteiger charge is 2.25. The van der Waals surface area contributed by atoms with Gasteiger partial charge in [0.25, 0.3) is 0 Å². The summed E-state index contributed by atoms with van der Waals surface area (Å²) in [4.78, 5) is 14.9. The Morgan fingerprint density at radius 2 is 1.97 bits per heavy atom. The number of hydrogen-bond donors (Lipinski definition) is 1. The van der Waals surface area contributed by atoms with Crippen LogP contribution in [0, 0.1) is 5.92 Å². The van der Waals surface area contributed by atoms with Crippen molar-refractivity contribution in [1.82, 2.24) is 10.2 Å². The fourth-order valence-corrected chi connectivity index (χ4v) is 5.00. The Labute approximate surface area is 192 Å². The van der Waals surface area contributed by atoms with Crippen LogP contribution in [0.1, 0.15) is 24.0 Å². The van der Waals surface area contributed by atoms with Crippen LogP contribution < -0.4 is 5.32 Å². The van der Waals surface area contributed by atoms with E-state index in [0.29, 0.717) is 16.6 Å². The third-order valence-electron chi connectivity index (χ3n) is 4.99. The normalized spacial score (nSPS) is 17.3. The molecule has 2 aromatic rings. The lowest BCUT2D eigenvalue weighted by Gasteiger charge is -2.32. The van der Waals surface area contributed by atoms with E-state index in [2.05, 4.69) is 16.3 Å². The van der Waals surface area contributed by atoms with E-state index in [0.717, 1.165) is 54.6 Å². The Morgan fingerprint density at radius 1 is 1.14 bits per heavy atom. The number of piperidine rings is 1. The van der Waals surface area contributed by atoms with E-state index >= 15 is 0 Å². The van der Waals surface area contributed by atoms with Crippen LogP contribution in [-0.2, 0) is 17.1 Å². The minimum absolute atomic E-state index is 0.0350. The van der Waals surface area contributed by atoms with E-state index in [9.17, 15) is 4.79 Å². The molecule has 0 bridgehead atoms. The van der Waals surface area contributed by atoms with E-state index in [1.54, 1.807) is 17.8 Å². The van der Waals surface area contributed by atoms with Crippen molar-refractivity contribution >= 4 is 52.5 Å². The average molecular weight is 472 g/mol. The number of benzene rings is 2. The molecule has 156 valence electrons. The van der Waals surface area contributed by atoms with Crippen LogP contribution in [0.2, 0.25) is 15.1 Å². The van der Waals surface area contributed by atoms with Crippen molar-refractivity contribution in [2.75, 3.05) is 25.4 Å². The maximum atomic E-state index is 12.6. The summed E-state index contributed by atoms with van der Waals surface area (Å²) < 4.78 is 0. The zero-order valence-corrected chi connectivity index (χ0v) is 19.3. The molecule has 1 aliphatic rings. The molecule has 7 heteroatoms. The van der Waals surface area contributed by atoms with E-state index in [1.165, 1.54) is 5.56 Å². The first-order valence-corrected chi connectivity index (χ1v) is 12.1. The molecule has 1 amide bonds. The summed E-state index contributed by atoms with van der Waals surface area (Å²) in [5, 5.41) is 5.18. The Kier molecular flexibility index (Phi) is 9.01. The molecule has 3 rings (SSSR count). The maximum absolute atomic E-state index is 12.6. The smallest absolute Gasteiger partial charge is 0.224 e. The van der Waals surface area contributed by atoms with E-state index < -0.39 is 0 Å². The SMILES string of the molecule is O=C(NCCSCc1cccc(Cl)c1)C1CCCN(Cc2ccc(Cl)cc2Cl)C1. The molecule has 1 aliphatic heterocycles. The summed E-state index contributed by atoms with van der Waals surface area (Å²) in [5.74, 6) is 1.97. The largest absolute Gasteiger partial charge is 0.355 e. The number of nitrogens with one attached hydrogen (secondary N) is 1. The molecular weight excluding hydrogens is 447 g/mol. The van der Waals surface area contributed by atoms with Gasteiger partial charge < -0.3 is 5.32 Å². The number of likely N-dealkylation sites (tertiary alicyclic amines) is 1. The topological polar surface area (TPSA) is 32.3 Å². The summed E-state index contributed by atoms with van der Waals surface area (Å²) in [6.45, 7) is 3.18. The summed E-state index contributed by atoms with van der Waals surface area (Å²) >= 11 is 20.1. The van der Waals surface area contributed by atoms with Crippen LogP contribution in [0.5, 0.6) is 0 Å². The number of nitrogens with zero attached hydrogens (tertiary/aromatic N) is 1. The highest BCUT2D eigenvalue weighted by atomic mass is 35.5. The number of halogens is 3. The summed E-state index contributed by atoms with van der Waals surface area (Å²) in [5.41, 5.74) is 2.26. The number of amides is 1. The Morgan fingerprint density at radius 3 is 2.76 bits per heavy atom. The van der Waals surface area contributed by atoms with Crippen LogP contribution in [0.4, 0.5) is 0 Å². The predicted octanol–water partition coefficient (Wildman–Crippen LogP) is 5.91. The second kappa shape index (κ2) is 11.5. The third kappa shape index (κ3) is 7.37. The molecule has 29 heavy (non-hydrogen) atoms. The monoisotopic (exact) mass is 470 g/mol. The molecule has 0 saturated carbocycles.